The fourth-order valence-electron chi connectivity index (χ4n) is 2.42. The second-order valence-corrected chi connectivity index (χ2v) is 5.03. The molecule has 1 heterocycles. The maximum Gasteiger partial charge on any atom is 0.238 e. The van der Waals surface area contributed by atoms with Crippen LogP contribution in [0.4, 0.5) is 5.69 Å². The third-order valence-corrected chi connectivity index (χ3v) is 3.40. The average Bonchev–Trinajstić information content (AvgIpc) is 2.48. The van der Waals surface area contributed by atoms with Crippen molar-refractivity contribution < 1.29 is 14.3 Å². The summed E-state index contributed by atoms with van der Waals surface area (Å²) in [7, 11) is 3.49. The van der Waals surface area contributed by atoms with Gasteiger partial charge in [0.1, 0.15) is 5.75 Å². The molecule has 1 amide bonds. The third-order valence-electron chi connectivity index (χ3n) is 3.40. The number of morpholine rings is 1. The minimum atomic E-state index is -0.0374. The summed E-state index contributed by atoms with van der Waals surface area (Å²) in [6.45, 7) is 3.36. The maximum atomic E-state index is 12.1. The Kier molecular flexibility index (Phi) is 5.98. The summed E-state index contributed by atoms with van der Waals surface area (Å²) in [5.74, 6) is 0.630. The molecule has 1 fully saturated rings. The predicted molar refractivity (Wildman–Crippen MR) is 81.7 cm³/mol. The monoisotopic (exact) mass is 293 g/mol. The molecule has 2 N–H and O–H groups in total. The highest BCUT2D eigenvalue weighted by Gasteiger charge is 2.21. The van der Waals surface area contributed by atoms with E-state index in [1.165, 1.54) is 0 Å². The lowest BCUT2D eigenvalue weighted by molar-refractivity contribution is -0.119. The Balaban J connectivity index is 1.86. The van der Waals surface area contributed by atoms with Crippen molar-refractivity contribution in [1.29, 1.82) is 0 Å². The Morgan fingerprint density at radius 3 is 3.05 bits per heavy atom. The number of hydrogen-bond donors (Lipinski definition) is 2. The second-order valence-electron chi connectivity index (χ2n) is 5.03. The molecule has 0 aromatic heterocycles. The standard InChI is InChI=1S/C15H23N3O3/c1-16-9-12-10-18(7-8-21-12)11-15(19)17-13-5-3-4-6-14(13)20-2/h3-6,12,16H,7-11H2,1-2H3,(H,17,19). The van der Waals surface area contributed by atoms with E-state index in [1.54, 1.807) is 7.11 Å². The first-order valence-electron chi connectivity index (χ1n) is 7.14. The van der Waals surface area contributed by atoms with Gasteiger partial charge in [-0.3, -0.25) is 9.69 Å². The van der Waals surface area contributed by atoms with Crippen LogP contribution in [0.3, 0.4) is 0 Å². The summed E-state index contributed by atoms with van der Waals surface area (Å²) < 4.78 is 10.9. The lowest BCUT2D eigenvalue weighted by Crippen LogP contribution is -2.48. The van der Waals surface area contributed by atoms with Crippen molar-refractivity contribution in [2.24, 2.45) is 0 Å². The topological polar surface area (TPSA) is 62.8 Å². The minimum absolute atomic E-state index is 0.0374. The van der Waals surface area contributed by atoms with E-state index in [2.05, 4.69) is 15.5 Å². The number of nitrogens with one attached hydrogen (secondary N) is 2. The number of likely N-dealkylation sites (N-methyl/N-ethyl adjacent to an activating group) is 1. The third kappa shape index (κ3) is 4.70. The van der Waals surface area contributed by atoms with Gasteiger partial charge in [-0.2, -0.15) is 0 Å². The van der Waals surface area contributed by atoms with Crippen LogP contribution in [0.5, 0.6) is 5.75 Å². The largest absolute Gasteiger partial charge is 0.495 e. The molecule has 1 aromatic carbocycles. The quantitative estimate of drug-likeness (QED) is 0.802. The summed E-state index contributed by atoms with van der Waals surface area (Å²) in [6, 6.07) is 7.40. The maximum absolute atomic E-state index is 12.1. The Morgan fingerprint density at radius 1 is 1.48 bits per heavy atom. The van der Waals surface area contributed by atoms with Crippen molar-refractivity contribution >= 4 is 11.6 Å². The van der Waals surface area contributed by atoms with Crippen LogP contribution in [-0.2, 0) is 9.53 Å². The number of para-hydroxylation sites is 2. The van der Waals surface area contributed by atoms with Gasteiger partial charge in [-0.25, -0.2) is 0 Å². The first-order valence-corrected chi connectivity index (χ1v) is 7.14. The number of nitrogens with zero attached hydrogens (tertiary/aromatic N) is 1. The van der Waals surface area contributed by atoms with Crippen LogP contribution in [-0.4, -0.2) is 63.9 Å². The summed E-state index contributed by atoms with van der Waals surface area (Å²) in [6.07, 6.45) is 0.141. The van der Waals surface area contributed by atoms with Crippen molar-refractivity contribution in [2.45, 2.75) is 6.10 Å². The Labute approximate surface area is 125 Å². The highest BCUT2D eigenvalue weighted by molar-refractivity contribution is 5.93. The summed E-state index contributed by atoms with van der Waals surface area (Å²) >= 11 is 0. The zero-order chi connectivity index (χ0) is 15.1. The van der Waals surface area contributed by atoms with E-state index in [0.29, 0.717) is 24.6 Å². The fourth-order valence-corrected chi connectivity index (χ4v) is 2.42. The van der Waals surface area contributed by atoms with E-state index in [-0.39, 0.29) is 12.0 Å². The number of amides is 1. The van der Waals surface area contributed by atoms with E-state index in [0.717, 1.165) is 19.6 Å². The fraction of sp³-hybridized carbons (Fsp3) is 0.533. The van der Waals surface area contributed by atoms with Gasteiger partial charge in [0.2, 0.25) is 5.91 Å². The molecule has 1 aliphatic heterocycles. The molecule has 0 aliphatic carbocycles. The minimum Gasteiger partial charge on any atom is -0.495 e. The van der Waals surface area contributed by atoms with E-state index < -0.39 is 0 Å². The van der Waals surface area contributed by atoms with Gasteiger partial charge in [0, 0.05) is 19.6 Å². The van der Waals surface area contributed by atoms with Crippen molar-refractivity contribution in [3.8, 4) is 5.75 Å². The molecule has 116 valence electrons. The summed E-state index contributed by atoms with van der Waals surface area (Å²) in [4.78, 5) is 14.3. The van der Waals surface area contributed by atoms with E-state index >= 15 is 0 Å². The molecule has 1 unspecified atom stereocenters. The van der Waals surface area contributed by atoms with Crippen LogP contribution in [0.1, 0.15) is 0 Å². The van der Waals surface area contributed by atoms with Gasteiger partial charge in [-0.05, 0) is 19.2 Å². The smallest absolute Gasteiger partial charge is 0.238 e. The predicted octanol–water partition coefficient (Wildman–Crippen LogP) is 0.554. The van der Waals surface area contributed by atoms with Crippen LogP contribution in [0.15, 0.2) is 24.3 Å². The number of benzene rings is 1. The van der Waals surface area contributed by atoms with Crippen molar-refractivity contribution in [3.05, 3.63) is 24.3 Å². The molecule has 2 rings (SSSR count). The number of carbonyl (C=O) groups excluding carboxylic acids is 1. The molecule has 0 spiro atoms. The summed E-state index contributed by atoms with van der Waals surface area (Å²) in [5.41, 5.74) is 0.699. The first kappa shape index (κ1) is 15.8. The molecular formula is C15H23N3O3. The van der Waals surface area contributed by atoms with Crippen molar-refractivity contribution in [1.82, 2.24) is 10.2 Å². The second kappa shape index (κ2) is 7.97. The molecule has 21 heavy (non-hydrogen) atoms. The van der Waals surface area contributed by atoms with Gasteiger partial charge in [0.05, 0.1) is 32.1 Å². The number of ether oxygens (including phenoxy) is 2. The number of carbonyl (C=O) groups is 1. The van der Waals surface area contributed by atoms with Crippen LogP contribution < -0.4 is 15.4 Å². The number of rotatable bonds is 6. The van der Waals surface area contributed by atoms with Gasteiger partial charge in [0.25, 0.3) is 0 Å². The highest BCUT2D eigenvalue weighted by atomic mass is 16.5. The molecular weight excluding hydrogens is 270 g/mol. The Morgan fingerprint density at radius 2 is 2.29 bits per heavy atom. The molecule has 0 radical (unpaired) electrons. The average molecular weight is 293 g/mol. The lowest BCUT2D eigenvalue weighted by Gasteiger charge is -2.32. The molecule has 1 aromatic rings. The van der Waals surface area contributed by atoms with Gasteiger partial charge >= 0.3 is 0 Å². The molecule has 0 saturated carbocycles. The van der Waals surface area contributed by atoms with Gasteiger partial charge in [-0.15, -0.1) is 0 Å². The van der Waals surface area contributed by atoms with Gasteiger partial charge < -0.3 is 20.1 Å². The molecule has 1 aliphatic rings. The number of anilines is 1. The molecule has 6 heteroatoms. The van der Waals surface area contributed by atoms with Crippen LogP contribution >= 0.6 is 0 Å². The number of methoxy groups -OCH3 is 1. The van der Waals surface area contributed by atoms with E-state index in [4.69, 9.17) is 9.47 Å². The van der Waals surface area contributed by atoms with Crippen LogP contribution in [0.2, 0.25) is 0 Å². The molecule has 0 bridgehead atoms. The molecule has 1 saturated heterocycles. The molecule has 1 atom stereocenters. The Bertz CT molecular complexity index is 465. The Hall–Kier alpha value is -1.63. The highest BCUT2D eigenvalue weighted by Crippen LogP contribution is 2.22. The zero-order valence-corrected chi connectivity index (χ0v) is 12.6. The van der Waals surface area contributed by atoms with E-state index in [1.807, 2.05) is 31.3 Å². The van der Waals surface area contributed by atoms with Gasteiger partial charge in [0.15, 0.2) is 0 Å². The normalized spacial score (nSPS) is 19.2. The van der Waals surface area contributed by atoms with Crippen molar-refractivity contribution in [2.75, 3.05) is 52.3 Å². The van der Waals surface area contributed by atoms with Crippen LogP contribution in [0, 0.1) is 0 Å². The first-order chi connectivity index (χ1) is 10.2. The SMILES string of the molecule is CNCC1CN(CC(=O)Nc2ccccc2OC)CCO1. The van der Waals surface area contributed by atoms with Crippen molar-refractivity contribution in [3.63, 3.8) is 0 Å². The van der Waals surface area contributed by atoms with E-state index in [9.17, 15) is 4.79 Å². The zero-order valence-electron chi connectivity index (χ0n) is 12.6. The lowest BCUT2D eigenvalue weighted by atomic mass is 10.2. The van der Waals surface area contributed by atoms with Crippen LogP contribution in [0.25, 0.3) is 0 Å². The molecule has 6 nitrogen and oxygen atoms in total. The summed E-state index contributed by atoms with van der Waals surface area (Å²) in [5, 5.41) is 5.99. The van der Waals surface area contributed by atoms with Gasteiger partial charge in [-0.1, -0.05) is 12.1 Å². The number of hydrogen-bond acceptors (Lipinski definition) is 5.